The monoisotopic (exact) mass is 250 g/mol. The predicted molar refractivity (Wildman–Crippen MR) is 72.5 cm³/mol. The Hall–Kier alpha value is -1.55. The molecule has 0 atom stereocenters. The summed E-state index contributed by atoms with van der Waals surface area (Å²) in [5, 5.41) is 11.1. The van der Waals surface area contributed by atoms with Crippen LogP contribution in [0.1, 0.15) is 32.1 Å². The molecule has 1 amide bonds. The molecule has 0 aliphatic heterocycles. The van der Waals surface area contributed by atoms with Gasteiger partial charge in [-0.15, -0.1) is 0 Å². The quantitative estimate of drug-likeness (QED) is 0.755. The molecule has 0 radical (unpaired) electrons. The van der Waals surface area contributed by atoms with E-state index in [4.69, 9.17) is 10.8 Å². The van der Waals surface area contributed by atoms with E-state index in [0.717, 1.165) is 25.7 Å². The van der Waals surface area contributed by atoms with Crippen LogP contribution in [-0.2, 0) is 0 Å². The van der Waals surface area contributed by atoms with Crippen molar-refractivity contribution in [1.82, 2.24) is 5.32 Å². The predicted octanol–water partition coefficient (Wildman–Crippen LogP) is 2.60. The van der Waals surface area contributed by atoms with Crippen LogP contribution in [0.5, 0.6) is 0 Å². The van der Waals surface area contributed by atoms with E-state index in [-0.39, 0.29) is 5.54 Å². The highest BCUT2D eigenvalue weighted by atomic mass is 16.4. The van der Waals surface area contributed by atoms with Gasteiger partial charge in [-0.25, -0.2) is 4.79 Å². The van der Waals surface area contributed by atoms with Gasteiger partial charge in [0.15, 0.2) is 0 Å². The number of carboxylic acid groups (broad SMARTS) is 1. The molecule has 1 saturated carbocycles. The first-order valence-corrected chi connectivity index (χ1v) is 6.40. The van der Waals surface area contributed by atoms with Crippen molar-refractivity contribution in [2.24, 2.45) is 5.73 Å². The fraction of sp³-hybridized carbons (Fsp3) is 0.500. The highest BCUT2D eigenvalue weighted by Crippen LogP contribution is 2.26. The second-order valence-electron chi connectivity index (χ2n) is 4.63. The van der Waals surface area contributed by atoms with Gasteiger partial charge < -0.3 is 16.2 Å². The van der Waals surface area contributed by atoms with Crippen LogP contribution in [-0.4, -0.2) is 23.3 Å². The molecule has 4 nitrogen and oxygen atoms in total. The summed E-state index contributed by atoms with van der Waals surface area (Å²) in [7, 11) is 0. The highest BCUT2D eigenvalue weighted by molar-refractivity contribution is 5.65. The Morgan fingerprint density at radius 3 is 1.83 bits per heavy atom. The molecule has 0 bridgehead atoms. The number of hydrogen-bond acceptors (Lipinski definition) is 2. The van der Waals surface area contributed by atoms with Gasteiger partial charge >= 0.3 is 6.09 Å². The van der Waals surface area contributed by atoms with E-state index in [1.807, 2.05) is 36.4 Å². The maximum atomic E-state index is 10.5. The fourth-order valence-corrected chi connectivity index (χ4v) is 2.22. The maximum Gasteiger partial charge on any atom is 0.405 e. The van der Waals surface area contributed by atoms with Crippen LogP contribution in [0.4, 0.5) is 4.79 Å². The van der Waals surface area contributed by atoms with Crippen molar-refractivity contribution in [1.29, 1.82) is 0 Å². The van der Waals surface area contributed by atoms with E-state index in [1.54, 1.807) is 0 Å². The number of hydrogen-bond donors (Lipinski definition) is 3. The summed E-state index contributed by atoms with van der Waals surface area (Å²) in [6.07, 6.45) is 4.17. The third kappa shape index (κ3) is 5.19. The fourth-order valence-electron chi connectivity index (χ4n) is 2.22. The lowest BCUT2D eigenvalue weighted by atomic mass is 9.82. The van der Waals surface area contributed by atoms with Crippen LogP contribution in [0.2, 0.25) is 0 Å². The first-order chi connectivity index (χ1) is 8.68. The zero-order valence-electron chi connectivity index (χ0n) is 10.6. The number of nitrogens with two attached hydrogens (primary N) is 1. The van der Waals surface area contributed by atoms with Crippen molar-refractivity contribution in [3.05, 3.63) is 36.4 Å². The molecule has 4 heteroatoms. The summed E-state index contributed by atoms with van der Waals surface area (Å²) in [6.45, 7) is 0.416. The van der Waals surface area contributed by atoms with Gasteiger partial charge in [-0.2, -0.15) is 0 Å². The molecule has 2 rings (SSSR count). The summed E-state index contributed by atoms with van der Waals surface area (Å²) in [6, 6.07) is 12.0. The Morgan fingerprint density at radius 2 is 1.50 bits per heavy atom. The Morgan fingerprint density at radius 1 is 1.06 bits per heavy atom. The van der Waals surface area contributed by atoms with Gasteiger partial charge in [0.1, 0.15) is 0 Å². The largest absolute Gasteiger partial charge is 0.465 e. The molecular formula is C14H22N2O2. The minimum Gasteiger partial charge on any atom is -0.465 e. The third-order valence-corrected chi connectivity index (χ3v) is 3.24. The Balaban J connectivity index is 0.000000225. The van der Waals surface area contributed by atoms with Crippen LogP contribution < -0.4 is 11.1 Å². The minimum atomic E-state index is -0.956. The topological polar surface area (TPSA) is 75.3 Å². The number of nitrogens with one attached hydrogen (secondary N) is 1. The van der Waals surface area contributed by atoms with Crippen LogP contribution >= 0.6 is 0 Å². The summed E-state index contributed by atoms with van der Waals surface area (Å²) >= 11 is 0. The van der Waals surface area contributed by atoms with Crippen molar-refractivity contribution in [3.8, 4) is 0 Å². The molecule has 0 unspecified atom stereocenters. The summed E-state index contributed by atoms with van der Waals surface area (Å²) in [5.74, 6) is 0. The van der Waals surface area contributed by atoms with Gasteiger partial charge in [-0.1, -0.05) is 55.7 Å². The lowest BCUT2D eigenvalue weighted by Crippen LogP contribution is -2.54. The molecule has 4 N–H and O–H groups in total. The molecule has 18 heavy (non-hydrogen) atoms. The van der Waals surface area contributed by atoms with E-state index < -0.39 is 6.09 Å². The van der Waals surface area contributed by atoms with Gasteiger partial charge in [0, 0.05) is 6.54 Å². The number of carbonyl (C=O) groups is 1. The zero-order chi connectivity index (χ0) is 13.3. The molecule has 0 spiro atoms. The normalized spacial score (nSPS) is 17.2. The van der Waals surface area contributed by atoms with Crippen LogP contribution in [0.3, 0.4) is 0 Å². The molecule has 1 aliphatic carbocycles. The van der Waals surface area contributed by atoms with E-state index >= 15 is 0 Å². The lowest BCUT2D eigenvalue weighted by Gasteiger charge is -2.35. The first kappa shape index (κ1) is 14.5. The van der Waals surface area contributed by atoms with Crippen molar-refractivity contribution < 1.29 is 9.90 Å². The lowest BCUT2D eigenvalue weighted by molar-refractivity contribution is 0.164. The Kier molecular flexibility index (Phi) is 6.22. The summed E-state index contributed by atoms with van der Waals surface area (Å²) in [5.41, 5.74) is 5.23. The zero-order valence-corrected chi connectivity index (χ0v) is 10.6. The van der Waals surface area contributed by atoms with Crippen molar-refractivity contribution in [2.75, 3.05) is 6.54 Å². The third-order valence-electron chi connectivity index (χ3n) is 3.24. The number of amides is 1. The van der Waals surface area contributed by atoms with Gasteiger partial charge in [0.2, 0.25) is 0 Å². The maximum absolute atomic E-state index is 10.5. The van der Waals surface area contributed by atoms with E-state index in [1.165, 1.54) is 6.42 Å². The minimum absolute atomic E-state index is 0.329. The van der Waals surface area contributed by atoms with E-state index in [2.05, 4.69) is 5.32 Å². The van der Waals surface area contributed by atoms with Crippen LogP contribution in [0, 0.1) is 0 Å². The van der Waals surface area contributed by atoms with Crippen LogP contribution in [0.25, 0.3) is 0 Å². The molecule has 0 heterocycles. The molecule has 1 fully saturated rings. The summed E-state index contributed by atoms with van der Waals surface area (Å²) in [4.78, 5) is 10.5. The first-order valence-electron chi connectivity index (χ1n) is 6.40. The SMILES string of the molecule is NCC1(NC(=O)O)CCCCC1.c1ccccc1. The second kappa shape index (κ2) is 7.71. The molecule has 1 aliphatic rings. The van der Waals surface area contributed by atoms with E-state index in [9.17, 15) is 4.79 Å². The number of rotatable bonds is 2. The van der Waals surface area contributed by atoms with Crippen LogP contribution in [0.15, 0.2) is 36.4 Å². The molecule has 1 aromatic rings. The highest BCUT2D eigenvalue weighted by Gasteiger charge is 2.31. The van der Waals surface area contributed by atoms with Crippen molar-refractivity contribution in [2.45, 2.75) is 37.6 Å². The average Bonchev–Trinajstić information content (AvgIpc) is 2.42. The van der Waals surface area contributed by atoms with E-state index in [0.29, 0.717) is 6.54 Å². The Bertz CT molecular complexity index is 308. The second-order valence-corrected chi connectivity index (χ2v) is 4.63. The molecule has 0 aromatic heterocycles. The van der Waals surface area contributed by atoms with Gasteiger partial charge in [-0.05, 0) is 12.8 Å². The average molecular weight is 250 g/mol. The Labute approximate surface area is 108 Å². The van der Waals surface area contributed by atoms with Crippen molar-refractivity contribution >= 4 is 6.09 Å². The van der Waals surface area contributed by atoms with Gasteiger partial charge in [-0.3, -0.25) is 0 Å². The smallest absolute Gasteiger partial charge is 0.405 e. The molecular weight excluding hydrogens is 228 g/mol. The standard InChI is InChI=1S/C8H16N2O2.C6H6/c9-6-8(10-7(11)12)4-2-1-3-5-8;1-2-4-6-5-3-1/h10H,1-6,9H2,(H,11,12);1-6H. The molecule has 0 saturated heterocycles. The van der Waals surface area contributed by atoms with Gasteiger partial charge in [0.05, 0.1) is 5.54 Å². The number of benzene rings is 1. The molecule has 1 aromatic carbocycles. The van der Waals surface area contributed by atoms with Crippen molar-refractivity contribution in [3.63, 3.8) is 0 Å². The van der Waals surface area contributed by atoms with Gasteiger partial charge in [0.25, 0.3) is 0 Å². The molecule has 100 valence electrons. The summed E-state index contributed by atoms with van der Waals surface area (Å²) < 4.78 is 0.